The second-order valence-electron chi connectivity index (χ2n) is 8.12. The number of piperidine rings is 1. The number of rotatable bonds is 4. The van der Waals surface area contributed by atoms with Crippen molar-refractivity contribution in [2.75, 3.05) is 26.7 Å². The monoisotopic (exact) mass is 443 g/mol. The maximum Gasteiger partial charge on any atom is 0.321 e. The van der Waals surface area contributed by atoms with Crippen LogP contribution in [0.3, 0.4) is 0 Å². The third kappa shape index (κ3) is 4.14. The van der Waals surface area contributed by atoms with E-state index >= 15 is 0 Å². The van der Waals surface area contributed by atoms with Crippen molar-refractivity contribution < 1.29 is 17.9 Å². The lowest BCUT2D eigenvalue weighted by Gasteiger charge is -2.37. The SMILES string of the molecule is COc1ccc(S(=O)(=O)N2CC(C)N(C(=O)N3CCCCC3)C2c2ccccc2)cc1. The predicted molar refractivity (Wildman–Crippen MR) is 118 cm³/mol. The van der Waals surface area contributed by atoms with Crippen molar-refractivity contribution in [3.63, 3.8) is 0 Å². The van der Waals surface area contributed by atoms with Gasteiger partial charge in [-0.05, 0) is 56.0 Å². The van der Waals surface area contributed by atoms with Gasteiger partial charge in [-0.25, -0.2) is 13.2 Å². The van der Waals surface area contributed by atoms with E-state index in [1.54, 1.807) is 36.3 Å². The molecule has 0 spiro atoms. The smallest absolute Gasteiger partial charge is 0.321 e. The second kappa shape index (κ2) is 8.88. The summed E-state index contributed by atoms with van der Waals surface area (Å²) in [6.07, 6.45) is 2.41. The first-order valence-corrected chi connectivity index (χ1v) is 12.2. The molecular formula is C23H29N3O4S. The summed E-state index contributed by atoms with van der Waals surface area (Å²) in [5.74, 6) is 0.593. The fourth-order valence-electron chi connectivity index (χ4n) is 4.43. The minimum Gasteiger partial charge on any atom is -0.497 e. The van der Waals surface area contributed by atoms with Crippen molar-refractivity contribution in [1.82, 2.24) is 14.1 Å². The van der Waals surface area contributed by atoms with Crippen LogP contribution >= 0.6 is 0 Å². The van der Waals surface area contributed by atoms with Crippen LogP contribution in [0.15, 0.2) is 59.5 Å². The van der Waals surface area contributed by atoms with Gasteiger partial charge < -0.3 is 9.64 Å². The minimum atomic E-state index is -3.83. The van der Waals surface area contributed by atoms with Crippen LogP contribution in [0.4, 0.5) is 4.79 Å². The molecule has 2 aliphatic rings. The zero-order valence-electron chi connectivity index (χ0n) is 18.0. The van der Waals surface area contributed by atoms with Gasteiger partial charge in [0, 0.05) is 25.7 Å². The zero-order chi connectivity index (χ0) is 22.0. The largest absolute Gasteiger partial charge is 0.497 e. The van der Waals surface area contributed by atoms with E-state index in [-0.39, 0.29) is 23.5 Å². The molecule has 0 bridgehead atoms. The standard InChI is InChI=1S/C23H29N3O4S/c1-18-17-25(31(28,29)21-13-11-20(30-2)12-14-21)22(19-9-5-3-6-10-19)26(18)23(27)24-15-7-4-8-16-24/h3,5-6,9-14,18,22H,4,7-8,15-17H2,1-2H3. The number of carbonyl (C=O) groups excluding carboxylic acids is 1. The summed E-state index contributed by atoms with van der Waals surface area (Å²) in [5, 5.41) is 0. The summed E-state index contributed by atoms with van der Waals surface area (Å²) in [5.41, 5.74) is 0.786. The number of sulfonamides is 1. The number of ether oxygens (including phenoxy) is 1. The molecule has 4 rings (SSSR count). The number of urea groups is 1. The van der Waals surface area contributed by atoms with Gasteiger partial charge in [0.25, 0.3) is 0 Å². The van der Waals surface area contributed by atoms with Crippen molar-refractivity contribution in [3.05, 3.63) is 60.2 Å². The number of benzene rings is 2. The maximum atomic E-state index is 13.6. The lowest BCUT2D eigenvalue weighted by atomic mass is 10.1. The van der Waals surface area contributed by atoms with Crippen molar-refractivity contribution in [1.29, 1.82) is 0 Å². The third-order valence-corrected chi connectivity index (χ3v) is 7.90. The third-order valence-electron chi connectivity index (χ3n) is 6.07. The minimum absolute atomic E-state index is 0.0894. The highest BCUT2D eigenvalue weighted by atomic mass is 32.2. The summed E-state index contributed by atoms with van der Waals surface area (Å²) >= 11 is 0. The van der Waals surface area contributed by atoms with Gasteiger partial charge in [-0.2, -0.15) is 4.31 Å². The predicted octanol–water partition coefficient (Wildman–Crippen LogP) is 3.69. The summed E-state index contributed by atoms with van der Waals surface area (Å²) < 4.78 is 33.9. The fraction of sp³-hybridized carbons (Fsp3) is 0.435. The van der Waals surface area contributed by atoms with Crippen LogP contribution in [0.25, 0.3) is 0 Å². The van der Waals surface area contributed by atoms with E-state index in [4.69, 9.17) is 4.74 Å². The van der Waals surface area contributed by atoms with E-state index in [9.17, 15) is 13.2 Å². The lowest BCUT2D eigenvalue weighted by molar-refractivity contribution is 0.116. The fourth-order valence-corrected chi connectivity index (χ4v) is 6.08. The van der Waals surface area contributed by atoms with Crippen LogP contribution in [0.5, 0.6) is 5.75 Å². The highest BCUT2D eigenvalue weighted by Crippen LogP contribution is 2.39. The molecular weight excluding hydrogens is 414 g/mol. The van der Waals surface area contributed by atoms with Crippen molar-refractivity contribution in [2.24, 2.45) is 0 Å². The molecule has 2 aliphatic heterocycles. The first kappa shape index (κ1) is 21.6. The summed E-state index contributed by atoms with van der Waals surface area (Å²) in [6, 6.07) is 15.5. The molecule has 8 heteroatoms. The lowest BCUT2D eigenvalue weighted by Crippen LogP contribution is -2.48. The number of likely N-dealkylation sites (tertiary alicyclic amines) is 1. The average molecular weight is 444 g/mol. The Balaban J connectivity index is 1.73. The van der Waals surface area contributed by atoms with Crippen molar-refractivity contribution >= 4 is 16.1 Å². The summed E-state index contributed by atoms with van der Waals surface area (Å²) in [4.78, 5) is 17.3. The van der Waals surface area contributed by atoms with Gasteiger partial charge in [-0.15, -0.1) is 0 Å². The Morgan fingerprint density at radius 3 is 2.23 bits per heavy atom. The Morgan fingerprint density at radius 2 is 1.61 bits per heavy atom. The highest BCUT2D eigenvalue weighted by molar-refractivity contribution is 7.89. The molecule has 0 aromatic heterocycles. The van der Waals surface area contributed by atoms with Gasteiger partial charge in [0.2, 0.25) is 10.0 Å². The first-order valence-electron chi connectivity index (χ1n) is 10.7. The number of amides is 2. The Labute approximate surface area is 184 Å². The molecule has 2 unspecified atom stereocenters. The van der Waals surface area contributed by atoms with E-state index in [1.807, 2.05) is 42.2 Å². The van der Waals surface area contributed by atoms with E-state index in [2.05, 4.69) is 0 Å². The van der Waals surface area contributed by atoms with Gasteiger partial charge in [0.15, 0.2) is 0 Å². The van der Waals surface area contributed by atoms with Gasteiger partial charge >= 0.3 is 6.03 Å². The van der Waals surface area contributed by atoms with Gasteiger partial charge in [-0.1, -0.05) is 30.3 Å². The Kier molecular flexibility index (Phi) is 6.20. The molecule has 2 atom stereocenters. The number of hydrogen-bond donors (Lipinski definition) is 0. The second-order valence-corrected chi connectivity index (χ2v) is 10.0. The normalized spacial score (nSPS) is 22.5. The van der Waals surface area contributed by atoms with Crippen LogP contribution in [0.1, 0.15) is 37.9 Å². The van der Waals surface area contributed by atoms with Crippen LogP contribution in [0, 0.1) is 0 Å². The van der Waals surface area contributed by atoms with Gasteiger partial charge in [-0.3, -0.25) is 4.90 Å². The maximum absolute atomic E-state index is 13.6. The number of carbonyl (C=O) groups is 1. The van der Waals surface area contributed by atoms with Crippen LogP contribution in [0.2, 0.25) is 0 Å². The van der Waals surface area contributed by atoms with Gasteiger partial charge in [0.1, 0.15) is 11.9 Å². The molecule has 0 saturated carbocycles. The zero-order valence-corrected chi connectivity index (χ0v) is 18.8. The number of methoxy groups -OCH3 is 1. The molecule has 0 radical (unpaired) electrons. The highest BCUT2D eigenvalue weighted by Gasteiger charge is 2.48. The van der Waals surface area contributed by atoms with E-state index in [0.717, 1.165) is 37.9 Å². The first-order chi connectivity index (χ1) is 14.9. The molecule has 166 valence electrons. The van der Waals surface area contributed by atoms with Crippen LogP contribution < -0.4 is 4.74 Å². The molecule has 2 heterocycles. The molecule has 2 aromatic carbocycles. The molecule has 7 nitrogen and oxygen atoms in total. The molecule has 0 N–H and O–H groups in total. The number of hydrogen-bond acceptors (Lipinski definition) is 4. The van der Waals surface area contributed by atoms with Crippen LogP contribution in [-0.4, -0.2) is 61.3 Å². The molecule has 2 fully saturated rings. The van der Waals surface area contributed by atoms with E-state index in [0.29, 0.717) is 5.75 Å². The number of nitrogens with zero attached hydrogens (tertiary/aromatic N) is 3. The quantitative estimate of drug-likeness (QED) is 0.723. The van der Waals surface area contributed by atoms with Crippen molar-refractivity contribution in [3.8, 4) is 5.75 Å². The summed E-state index contributed by atoms with van der Waals surface area (Å²) in [7, 11) is -2.28. The Bertz CT molecular complexity index is 1000. The Hall–Kier alpha value is -2.58. The molecule has 0 aliphatic carbocycles. The molecule has 2 aromatic rings. The average Bonchev–Trinajstić information content (AvgIpc) is 3.17. The van der Waals surface area contributed by atoms with E-state index < -0.39 is 16.2 Å². The van der Waals surface area contributed by atoms with Crippen molar-refractivity contribution in [2.45, 2.75) is 43.3 Å². The molecule has 2 saturated heterocycles. The topological polar surface area (TPSA) is 70.2 Å². The van der Waals surface area contributed by atoms with Crippen LogP contribution in [-0.2, 0) is 10.0 Å². The molecule has 2 amide bonds. The summed E-state index contributed by atoms with van der Waals surface area (Å²) in [6.45, 7) is 3.60. The van der Waals surface area contributed by atoms with Gasteiger partial charge in [0.05, 0.1) is 12.0 Å². The molecule has 31 heavy (non-hydrogen) atoms. The Morgan fingerprint density at radius 1 is 0.968 bits per heavy atom. The van der Waals surface area contributed by atoms with E-state index in [1.165, 1.54) is 4.31 Å².